The van der Waals surface area contributed by atoms with Crippen LogP contribution in [0.2, 0.25) is 0 Å². The highest BCUT2D eigenvalue weighted by molar-refractivity contribution is 7.94. The molecule has 0 bridgehead atoms. The second kappa shape index (κ2) is 3.55. The Balaban J connectivity index is 2.77. The third-order valence-electron chi connectivity index (χ3n) is 0.912. The number of alkyl halides is 1. The molecule has 0 aliphatic carbocycles. The number of nitrogens with zero attached hydrogens (tertiary/aromatic N) is 2. The van der Waals surface area contributed by atoms with E-state index >= 15 is 0 Å². The van der Waals surface area contributed by atoms with Gasteiger partial charge in [0, 0.05) is 0 Å². The minimum Gasteiger partial charge on any atom is -0.256 e. The number of aryl methyl sites for hydroxylation is 1. The summed E-state index contributed by atoms with van der Waals surface area (Å²) in [6, 6.07) is 0. The smallest absolute Gasteiger partial charge is 0.248 e. The van der Waals surface area contributed by atoms with Gasteiger partial charge in [0.05, 0.1) is 0 Å². The molecule has 1 heterocycles. The summed E-state index contributed by atoms with van der Waals surface area (Å²) < 4.78 is 23.9. The summed E-state index contributed by atoms with van der Waals surface area (Å²) in [5, 5.41) is 7.66. The van der Waals surface area contributed by atoms with Gasteiger partial charge in [0.1, 0.15) is 10.2 Å². The first-order valence-corrected chi connectivity index (χ1v) is 5.90. The van der Waals surface area contributed by atoms with Gasteiger partial charge < -0.3 is 0 Å². The molecule has 0 atom stereocenters. The maximum atomic E-state index is 10.9. The Kier molecular flexibility index (Phi) is 2.86. The number of anilines is 1. The number of aromatic nitrogens is 2. The van der Waals surface area contributed by atoms with E-state index in [1.54, 1.807) is 6.92 Å². The molecular weight excluding hydrogens is 222 g/mol. The summed E-state index contributed by atoms with van der Waals surface area (Å²) in [7, 11) is -3.44. The zero-order valence-corrected chi connectivity index (χ0v) is 8.50. The van der Waals surface area contributed by atoms with E-state index in [1.165, 1.54) is 0 Å². The average molecular weight is 228 g/mol. The predicted molar refractivity (Wildman–Crippen MR) is 47.9 cm³/mol. The van der Waals surface area contributed by atoms with E-state index < -0.39 is 15.2 Å². The van der Waals surface area contributed by atoms with Crippen LogP contribution < -0.4 is 4.72 Å². The van der Waals surface area contributed by atoms with Crippen molar-refractivity contribution in [1.82, 2.24) is 10.2 Å². The van der Waals surface area contributed by atoms with E-state index in [-0.39, 0.29) is 5.13 Å². The van der Waals surface area contributed by atoms with Crippen LogP contribution in [0.4, 0.5) is 5.13 Å². The molecule has 8 heteroatoms. The normalized spacial score (nSPS) is 11.5. The zero-order valence-electron chi connectivity index (χ0n) is 6.11. The van der Waals surface area contributed by atoms with E-state index in [0.717, 1.165) is 11.3 Å². The van der Waals surface area contributed by atoms with E-state index in [1.807, 2.05) is 0 Å². The maximum Gasteiger partial charge on any atom is 0.248 e. The Morgan fingerprint density at radius 1 is 1.58 bits per heavy atom. The molecule has 0 saturated heterocycles. The fraction of sp³-hybridized carbons (Fsp3) is 0.500. The Bertz CT molecular complexity index is 360. The van der Waals surface area contributed by atoms with Gasteiger partial charge in [0.25, 0.3) is 0 Å². The summed E-state index contributed by atoms with van der Waals surface area (Å²) in [4.78, 5) is 0. The van der Waals surface area contributed by atoms with Crippen LogP contribution >= 0.6 is 22.9 Å². The van der Waals surface area contributed by atoms with Crippen LogP contribution in [0.1, 0.15) is 5.01 Å². The molecule has 0 amide bonds. The monoisotopic (exact) mass is 227 g/mol. The van der Waals surface area contributed by atoms with Gasteiger partial charge in [-0.15, -0.1) is 21.8 Å². The van der Waals surface area contributed by atoms with Crippen LogP contribution in [-0.4, -0.2) is 23.8 Å². The molecule has 1 N–H and O–H groups in total. The summed E-state index contributed by atoms with van der Waals surface area (Å²) in [6.45, 7) is 1.73. The van der Waals surface area contributed by atoms with Gasteiger partial charge in [-0.25, -0.2) is 8.42 Å². The quantitative estimate of drug-likeness (QED) is 0.775. The number of nitrogens with one attached hydrogen (secondary N) is 1. The molecule has 0 aliphatic heterocycles. The molecule has 0 unspecified atom stereocenters. The van der Waals surface area contributed by atoms with Crippen molar-refractivity contribution in [2.75, 3.05) is 9.93 Å². The third kappa shape index (κ3) is 2.58. The van der Waals surface area contributed by atoms with Crippen molar-refractivity contribution in [1.29, 1.82) is 0 Å². The Labute approximate surface area is 78.8 Å². The van der Waals surface area contributed by atoms with Gasteiger partial charge in [-0.1, -0.05) is 11.3 Å². The highest BCUT2D eigenvalue weighted by Crippen LogP contribution is 2.15. The number of hydrogen-bond donors (Lipinski definition) is 1. The SMILES string of the molecule is Cc1nnc(NS(=O)(=O)CCl)s1. The molecule has 0 saturated carbocycles. The lowest BCUT2D eigenvalue weighted by Gasteiger charge is -1.97. The summed E-state index contributed by atoms with van der Waals surface area (Å²) in [6.07, 6.45) is 0. The van der Waals surface area contributed by atoms with Gasteiger partial charge in [0.15, 0.2) is 0 Å². The van der Waals surface area contributed by atoms with Gasteiger partial charge in [-0.2, -0.15) is 0 Å². The maximum absolute atomic E-state index is 10.9. The van der Waals surface area contributed by atoms with Crippen LogP contribution in [0.15, 0.2) is 0 Å². The minimum absolute atomic E-state index is 0.244. The summed E-state index contributed by atoms with van der Waals surface area (Å²) in [5.41, 5.74) is 0. The van der Waals surface area contributed by atoms with E-state index in [9.17, 15) is 8.42 Å². The van der Waals surface area contributed by atoms with Crippen LogP contribution in [0, 0.1) is 6.92 Å². The van der Waals surface area contributed by atoms with Crippen LogP contribution in [0.5, 0.6) is 0 Å². The molecule has 0 aliphatic rings. The predicted octanol–water partition coefficient (Wildman–Crippen LogP) is 0.785. The van der Waals surface area contributed by atoms with Crippen LogP contribution in [0.25, 0.3) is 0 Å². The van der Waals surface area contributed by atoms with Crippen molar-refractivity contribution >= 4 is 38.1 Å². The van der Waals surface area contributed by atoms with Gasteiger partial charge in [0.2, 0.25) is 15.2 Å². The topological polar surface area (TPSA) is 72.0 Å². The third-order valence-corrected chi connectivity index (χ3v) is 3.45. The molecule has 1 rings (SSSR count). The molecule has 68 valence electrons. The lowest BCUT2D eigenvalue weighted by atomic mass is 10.9. The van der Waals surface area contributed by atoms with E-state index in [0.29, 0.717) is 5.01 Å². The molecule has 0 fully saturated rings. The second-order valence-corrected chi connectivity index (χ2v) is 5.44. The van der Waals surface area contributed by atoms with E-state index in [4.69, 9.17) is 11.6 Å². The van der Waals surface area contributed by atoms with Gasteiger partial charge in [-0.3, -0.25) is 4.72 Å². The molecule has 5 nitrogen and oxygen atoms in total. The molecule has 1 aromatic rings. The molecule has 1 aromatic heterocycles. The Morgan fingerprint density at radius 2 is 2.25 bits per heavy atom. The van der Waals surface area contributed by atoms with Crippen molar-refractivity contribution in [3.63, 3.8) is 0 Å². The van der Waals surface area contributed by atoms with Crippen molar-refractivity contribution in [2.45, 2.75) is 6.92 Å². The van der Waals surface area contributed by atoms with Crippen LogP contribution in [0.3, 0.4) is 0 Å². The molecular formula is C4H6ClN3O2S2. The van der Waals surface area contributed by atoms with Gasteiger partial charge >= 0.3 is 0 Å². The summed E-state index contributed by atoms with van der Waals surface area (Å²) >= 11 is 6.31. The van der Waals surface area contributed by atoms with E-state index in [2.05, 4.69) is 14.9 Å². The Morgan fingerprint density at radius 3 is 2.67 bits per heavy atom. The van der Waals surface area contributed by atoms with Gasteiger partial charge in [-0.05, 0) is 6.92 Å². The highest BCUT2D eigenvalue weighted by atomic mass is 35.5. The van der Waals surface area contributed by atoms with Crippen molar-refractivity contribution in [3.05, 3.63) is 5.01 Å². The lowest BCUT2D eigenvalue weighted by molar-refractivity contribution is 0.605. The first-order valence-electron chi connectivity index (χ1n) is 2.90. The van der Waals surface area contributed by atoms with Crippen molar-refractivity contribution in [2.24, 2.45) is 0 Å². The molecule has 12 heavy (non-hydrogen) atoms. The second-order valence-electron chi connectivity index (χ2n) is 1.95. The minimum atomic E-state index is -3.44. The Hall–Kier alpha value is -0.400. The first-order chi connectivity index (χ1) is 5.53. The zero-order chi connectivity index (χ0) is 9.19. The lowest BCUT2D eigenvalue weighted by Crippen LogP contribution is -2.13. The molecule has 0 aromatic carbocycles. The van der Waals surface area contributed by atoms with Crippen LogP contribution in [-0.2, 0) is 10.0 Å². The first kappa shape index (κ1) is 9.69. The largest absolute Gasteiger partial charge is 0.256 e. The molecule has 0 spiro atoms. The number of halogens is 1. The number of sulfonamides is 1. The average Bonchev–Trinajstić information content (AvgIpc) is 2.35. The highest BCUT2D eigenvalue weighted by Gasteiger charge is 2.10. The summed E-state index contributed by atoms with van der Waals surface area (Å²) in [5.74, 6) is 0. The standard InChI is InChI=1S/C4H6ClN3O2S2/c1-3-6-7-4(11-3)8-12(9,10)2-5/h2H2,1H3,(H,7,8). The fourth-order valence-corrected chi connectivity index (χ4v) is 2.01. The fourth-order valence-electron chi connectivity index (χ4n) is 0.498. The number of rotatable bonds is 3. The molecule has 0 radical (unpaired) electrons. The number of hydrogen-bond acceptors (Lipinski definition) is 5. The van der Waals surface area contributed by atoms with Crippen molar-refractivity contribution < 1.29 is 8.42 Å². The van der Waals surface area contributed by atoms with Crippen molar-refractivity contribution in [3.8, 4) is 0 Å².